The average molecular weight is 305 g/mol. The van der Waals surface area contributed by atoms with E-state index in [-0.39, 0.29) is 0 Å². The molecular weight excluding hydrogens is 284 g/mol. The molecule has 0 unspecified atom stereocenters. The zero-order chi connectivity index (χ0) is 13.6. The Hall–Kier alpha value is -0.989. The van der Waals surface area contributed by atoms with Gasteiger partial charge < -0.3 is 8.23 Å². The summed E-state index contributed by atoms with van der Waals surface area (Å²) in [7, 11) is -2.17. The Kier molecular flexibility index (Phi) is 5.29. The summed E-state index contributed by atoms with van der Waals surface area (Å²) in [5, 5.41) is 2.69. The van der Waals surface area contributed by atoms with Gasteiger partial charge in [-0.05, 0) is 16.4 Å². The fraction of sp³-hybridized carbons (Fsp3) is 0.143. The predicted octanol–water partition coefficient (Wildman–Crippen LogP) is 0.0786. The lowest BCUT2D eigenvalue weighted by molar-refractivity contribution is 0.485. The minimum Gasteiger partial charge on any atom is -0.449 e. The van der Waals surface area contributed by atoms with E-state index in [0.717, 1.165) is 16.5 Å². The molecule has 2 nitrogen and oxygen atoms in total. The monoisotopic (exact) mass is 304 g/mol. The highest BCUT2D eigenvalue weighted by Gasteiger charge is 2.37. The number of rotatable bonds is 6. The number of hydrogen-bond acceptors (Lipinski definition) is 2. The van der Waals surface area contributed by atoms with Crippen molar-refractivity contribution in [3.05, 3.63) is 60.7 Å². The van der Waals surface area contributed by atoms with E-state index in [1.807, 2.05) is 0 Å². The third-order valence-corrected chi connectivity index (χ3v) is 10.3. The van der Waals surface area contributed by atoms with Gasteiger partial charge in [0.2, 0.25) is 8.32 Å². The van der Waals surface area contributed by atoms with Gasteiger partial charge >= 0.3 is 0 Å². The Balaban J connectivity index is 2.48. The maximum Gasteiger partial charge on any atom is 0.283 e. The summed E-state index contributed by atoms with van der Waals surface area (Å²) >= 11 is 0. The highest BCUT2D eigenvalue weighted by atomic mass is 28.4. The van der Waals surface area contributed by atoms with E-state index < -0.39 is 18.3 Å². The zero-order valence-electron chi connectivity index (χ0n) is 11.5. The number of hydrogen-bond donors (Lipinski definition) is 0. The standard InChI is InChI=1S/C14H20O2Si3/c1-2-19(16-18-15-17,13-9-5-3-6-10-13)14-11-7-4-8-12-14/h3-12H,2,18H2,1,17H3. The molecule has 100 valence electrons. The van der Waals surface area contributed by atoms with E-state index >= 15 is 0 Å². The van der Waals surface area contributed by atoms with Gasteiger partial charge in [0.15, 0.2) is 0 Å². The molecule has 0 bridgehead atoms. The molecule has 0 spiro atoms. The van der Waals surface area contributed by atoms with Crippen molar-refractivity contribution in [1.82, 2.24) is 0 Å². The van der Waals surface area contributed by atoms with E-state index in [1.165, 1.54) is 10.4 Å². The van der Waals surface area contributed by atoms with E-state index in [0.29, 0.717) is 0 Å². The molecule has 2 rings (SSSR count). The van der Waals surface area contributed by atoms with Crippen LogP contribution in [0, 0.1) is 0 Å². The van der Waals surface area contributed by atoms with Crippen molar-refractivity contribution >= 4 is 39.2 Å². The van der Waals surface area contributed by atoms with Crippen LogP contribution in [-0.4, -0.2) is 28.8 Å². The molecule has 0 saturated heterocycles. The lowest BCUT2D eigenvalue weighted by Crippen LogP contribution is -2.61. The maximum absolute atomic E-state index is 6.39. The van der Waals surface area contributed by atoms with E-state index in [1.54, 1.807) is 0 Å². The van der Waals surface area contributed by atoms with Gasteiger partial charge in [-0.3, -0.25) is 0 Å². The maximum atomic E-state index is 6.39. The fourth-order valence-electron chi connectivity index (χ4n) is 2.42. The first kappa shape index (κ1) is 14.4. The second-order valence-corrected chi connectivity index (χ2v) is 11.7. The summed E-state index contributed by atoms with van der Waals surface area (Å²) in [6.45, 7) is 2.23. The van der Waals surface area contributed by atoms with Gasteiger partial charge in [0.1, 0.15) is 10.5 Å². The van der Waals surface area contributed by atoms with Crippen molar-refractivity contribution in [2.75, 3.05) is 0 Å². The van der Waals surface area contributed by atoms with Crippen LogP contribution in [0.4, 0.5) is 0 Å². The first-order valence-corrected chi connectivity index (χ1v) is 10.7. The molecule has 0 heterocycles. The molecule has 0 amide bonds. The lowest BCUT2D eigenvalue weighted by Gasteiger charge is -2.31. The van der Waals surface area contributed by atoms with Crippen molar-refractivity contribution in [2.24, 2.45) is 0 Å². The molecule has 0 aliphatic carbocycles. The quantitative estimate of drug-likeness (QED) is 0.704. The second kappa shape index (κ2) is 6.97. The van der Waals surface area contributed by atoms with Crippen molar-refractivity contribution in [3.63, 3.8) is 0 Å². The Bertz CT molecular complexity index is 451. The van der Waals surface area contributed by atoms with Crippen LogP contribution < -0.4 is 10.4 Å². The molecule has 0 atom stereocenters. The fourth-order valence-corrected chi connectivity index (χ4v) is 9.52. The van der Waals surface area contributed by atoms with Crippen LogP contribution in [0.2, 0.25) is 6.04 Å². The van der Waals surface area contributed by atoms with Crippen LogP contribution in [0.3, 0.4) is 0 Å². The first-order valence-electron chi connectivity index (χ1n) is 6.57. The molecule has 5 heteroatoms. The molecule has 0 fully saturated rings. The van der Waals surface area contributed by atoms with Crippen LogP contribution in [0.15, 0.2) is 60.7 Å². The van der Waals surface area contributed by atoms with Gasteiger partial charge in [-0.15, -0.1) is 0 Å². The molecule has 2 aromatic carbocycles. The van der Waals surface area contributed by atoms with Crippen LogP contribution in [0.1, 0.15) is 6.92 Å². The minimum absolute atomic E-state index is 0.769. The highest BCUT2D eigenvalue weighted by molar-refractivity contribution is 6.99. The Morgan fingerprint density at radius 3 is 1.79 bits per heavy atom. The molecule has 0 aromatic heterocycles. The van der Waals surface area contributed by atoms with Gasteiger partial charge in [-0.25, -0.2) is 0 Å². The van der Waals surface area contributed by atoms with E-state index in [4.69, 9.17) is 8.23 Å². The molecule has 0 aliphatic heterocycles. The largest absolute Gasteiger partial charge is 0.449 e. The van der Waals surface area contributed by atoms with Crippen molar-refractivity contribution in [2.45, 2.75) is 13.0 Å². The minimum atomic E-state index is -2.08. The molecule has 0 radical (unpaired) electrons. The first-order chi connectivity index (χ1) is 9.33. The van der Waals surface area contributed by atoms with Crippen molar-refractivity contribution in [1.29, 1.82) is 0 Å². The third kappa shape index (κ3) is 3.13. The molecule has 0 aliphatic rings. The summed E-state index contributed by atoms with van der Waals surface area (Å²) in [4.78, 5) is 0. The van der Waals surface area contributed by atoms with Crippen molar-refractivity contribution < 1.29 is 8.23 Å². The zero-order valence-corrected chi connectivity index (χ0v) is 15.9. The molecule has 2 aromatic rings. The molecule has 19 heavy (non-hydrogen) atoms. The molecular formula is C14H20O2Si3. The van der Waals surface area contributed by atoms with Gasteiger partial charge in [-0.2, -0.15) is 0 Å². The third-order valence-electron chi connectivity index (χ3n) is 3.40. The molecule has 0 N–H and O–H groups in total. The summed E-state index contributed by atoms with van der Waals surface area (Å²) in [6.07, 6.45) is 0. The summed E-state index contributed by atoms with van der Waals surface area (Å²) in [6, 6.07) is 22.4. The SMILES string of the molecule is CC[Si](O[SiH2]O[SiH3])(c1ccccc1)c1ccccc1. The van der Waals surface area contributed by atoms with Gasteiger partial charge in [0.25, 0.3) is 10.0 Å². The van der Waals surface area contributed by atoms with E-state index in [9.17, 15) is 0 Å². The average Bonchev–Trinajstić information content (AvgIpc) is 2.51. The Labute approximate surface area is 121 Å². The highest BCUT2D eigenvalue weighted by Crippen LogP contribution is 2.12. The number of benzene rings is 2. The smallest absolute Gasteiger partial charge is 0.283 e. The lowest BCUT2D eigenvalue weighted by atomic mass is 10.4. The van der Waals surface area contributed by atoms with Gasteiger partial charge in [-0.1, -0.05) is 67.6 Å². The predicted molar refractivity (Wildman–Crippen MR) is 89.0 cm³/mol. The van der Waals surface area contributed by atoms with Gasteiger partial charge in [0.05, 0.1) is 0 Å². The summed E-state index contributed by atoms with van der Waals surface area (Å²) in [5.41, 5.74) is 0. The topological polar surface area (TPSA) is 18.5 Å². The summed E-state index contributed by atoms with van der Waals surface area (Å²) < 4.78 is 11.8. The Morgan fingerprint density at radius 1 is 0.947 bits per heavy atom. The normalized spacial score (nSPS) is 12.3. The van der Waals surface area contributed by atoms with Crippen LogP contribution in [0.25, 0.3) is 0 Å². The Morgan fingerprint density at radius 2 is 1.42 bits per heavy atom. The molecule has 0 saturated carbocycles. The van der Waals surface area contributed by atoms with Crippen LogP contribution >= 0.6 is 0 Å². The summed E-state index contributed by atoms with van der Waals surface area (Å²) in [5.74, 6) is 0. The van der Waals surface area contributed by atoms with Crippen molar-refractivity contribution in [3.8, 4) is 0 Å². The van der Waals surface area contributed by atoms with E-state index in [2.05, 4.69) is 67.6 Å². The van der Waals surface area contributed by atoms with Crippen LogP contribution in [-0.2, 0) is 8.23 Å². The van der Waals surface area contributed by atoms with Crippen LogP contribution in [0.5, 0.6) is 0 Å². The van der Waals surface area contributed by atoms with Gasteiger partial charge in [0, 0.05) is 0 Å². The second-order valence-electron chi connectivity index (χ2n) is 4.46.